The Balaban J connectivity index is 1.49. The van der Waals surface area contributed by atoms with Gasteiger partial charge < -0.3 is 15.4 Å². The van der Waals surface area contributed by atoms with Gasteiger partial charge in [-0.15, -0.1) is 0 Å². The van der Waals surface area contributed by atoms with Crippen LogP contribution in [0.1, 0.15) is 53.1 Å². The molecular weight excluding hydrogens is 357 g/mol. The van der Waals surface area contributed by atoms with Gasteiger partial charge in [-0.2, -0.15) is 0 Å². The second-order valence-corrected chi connectivity index (χ2v) is 7.81. The minimum Gasteiger partial charge on any atom is -0.381 e. The number of hydrogen-bond acceptors (Lipinski definition) is 4. The molecule has 0 spiro atoms. The van der Waals surface area contributed by atoms with Crippen LogP contribution in [0.2, 0.25) is 0 Å². The highest BCUT2D eigenvalue weighted by molar-refractivity contribution is 5.96. The molecule has 1 aliphatic heterocycles. The highest BCUT2D eigenvalue weighted by Crippen LogP contribution is 2.42. The summed E-state index contributed by atoms with van der Waals surface area (Å²) in [7, 11) is 0. The van der Waals surface area contributed by atoms with Gasteiger partial charge in [-0.05, 0) is 73.8 Å². The minimum absolute atomic E-state index is 0.0748. The zero-order chi connectivity index (χ0) is 19.5. The van der Waals surface area contributed by atoms with Crippen LogP contribution in [0.25, 0.3) is 0 Å². The summed E-state index contributed by atoms with van der Waals surface area (Å²) in [5.74, 6) is 1.02. The van der Waals surface area contributed by atoms with Gasteiger partial charge in [-0.25, -0.2) is 9.37 Å². The molecule has 0 unspecified atom stereocenters. The molecule has 0 radical (unpaired) electrons. The molecule has 2 fully saturated rings. The molecule has 1 amide bonds. The van der Waals surface area contributed by atoms with Crippen LogP contribution >= 0.6 is 0 Å². The average molecular weight is 383 g/mol. The number of pyridine rings is 1. The van der Waals surface area contributed by atoms with Crippen LogP contribution in [0.15, 0.2) is 30.5 Å². The third-order valence-corrected chi connectivity index (χ3v) is 5.47. The number of hydrogen-bond donors (Lipinski definition) is 2. The van der Waals surface area contributed by atoms with Crippen LogP contribution in [0.5, 0.6) is 0 Å². The average Bonchev–Trinajstić information content (AvgIpc) is 3.55. The van der Waals surface area contributed by atoms with Gasteiger partial charge in [-0.3, -0.25) is 4.79 Å². The molecule has 1 aromatic heterocycles. The zero-order valence-corrected chi connectivity index (χ0v) is 16.1. The fourth-order valence-electron chi connectivity index (χ4n) is 3.62. The molecule has 0 atom stereocenters. The predicted molar refractivity (Wildman–Crippen MR) is 107 cm³/mol. The van der Waals surface area contributed by atoms with Crippen molar-refractivity contribution >= 4 is 17.4 Å². The Kier molecular flexibility index (Phi) is 5.57. The number of nitrogens with zero attached hydrogens (tertiary/aromatic N) is 1. The van der Waals surface area contributed by atoms with Gasteiger partial charge in [0.25, 0.3) is 5.91 Å². The summed E-state index contributed by atoms with van der Waals surface area (Å²) in [4.78, 5) is 17.1. The van der Waals surface area contributed by atoms with Crippen molar-refractivity contribution in [2.24, 2.45) is 5.92 Å². The molecule has 0 bridgehead atoms. The number of carbonyl (C=O) groups is 1. The number of ether oxygens (including phenoxy) is 1. The van der Waals surface area contributed by atoms with Gasteiger partial charge in [0, 0.05) is 26.0 Å². The molecule has 2 N–H and O–H groups in total. The Labute approximate surface area is 164 Å². The first kappa shape index (κ1) is 18.9. The van der Waals surface area contributed by atoms with E-state index in [0.29, 0.717) is 35.4 Å². The van der Waals surface area contributed by atoms with E-state index in [1.165, 1.54) is 6.07 Å². The van der Waals surface area contributed by atoms with Crippen molar-refractivity contribution in [3.8, 4) is 0 Å². The topological polar surface area (TPSA) is 63.2 Å². The number of benzene rings is 1. The number of nitrogens with one attached hydrogen (secondary N) is 2. The largest absolute Gasteiger partial charge is 0.381 e. The number of anilines is 2. The molecule has 5 nitrogen and oxygen atoms in total. The fraction of sp³-hybridized carbons (Fsp3) is 0.455. The molecule has 1 saturated carbocycles. The van der Waals surface area contributed by atoms with E-state index in [9.17, 15) is 9.18 Å². The minimum atomic E-state index is -0.321. The number of aryl methyl sites for hydroxylation is 1. The second-order valence-electron chi connectivity index (χ2n) is 7.81. The van der Waals surface area contributed by atoms with E-state index in [1.807, 2.05) is 13.0 Å². The standard InChI is InChI=1S/C22H26FN3O2/c1-14-2-5-19(23)20(10-14)26-21-11-17(16-3-4-16)18(13-24-21)22(27)25-12-15-6-8-28-9-7-15/h2,5,10-11,13,15-16H,3-4,6-9,12H2,1H3,(H,24,26)(H,25,27). The SMILES string of the molecule is Cc1ccc(F)c(Nc2cc(C3CC3)c(C(=O)NCC3CCOCC3)cn2)c1. The first-order chi connectivity index (χ1) is 13.6. The van der Waals surface area contributed by atoms with Crippen molar-refractivity contribution in [2.75, 3.05) is 25.1 Å². The van der Waals surface area contributed by atoms with Gasteiger partial charge in [0.05, 0.1) is 11.3 Å². The van der Waals surface area contributed by atoms with Crippen molar-refractivity contribution in [3.05, 3.63) is 53.0 Å². The lowest BCUT2D eigenvalue weighted by Gasteiger charge is -2.22. The monoisotopic (exact) mass is 383 g/mol. The highest BCUT2D eigenvalue weighted by Gasteiger charge is 2.29. The lowest BCUT2D eigenvalue weighted by atomic mass is 10.00. The number of aromatic nitrogens is 1. The van der Waals surface area contributed by atoms with Crippen molar-refractivity contribution in [1.82, 2.24) is 10.3 Å². The molecule has 28 heavy (non-hydrogen) atoms. The van der Waals surface area contributed by atoms with Crippen molar-refractivity contribution in [3.63, 3.8) is 0 Å². The smallest absolute Gasteiger partial charge is 0.253 e. The third-order valence-electron chi connectivity index (χ3n) is 5.47. The molecule has 2 aromatic rings. The maximum Gasteiger partial charge on any atom is 0.253 e. The van der Waals surface area contributed by atoms with E-state index in [4.69, 9.17) is 4.74 Å². The van der Waals surface area contributed by atoms with Crippen LogP contribution in [0, 0.1) is 18.7 Å². The van der Waals surface area contributed by atoms with Crippen LogP contribution in [0.4, 0.5) is 15.9 Å². The summed E-state index contributed by atoms with van der Waals surface area (Å²) >= 11 is 0. The fourth-order valence-corrected chi connectivity index (χ4v) is 3.62. The number of amides is 1. The zero-order valence-electron chi connectivity index (χ0n) is 16.1. The maximum atomic E-state index is 14.0. The van der Waals surface area contributed by atoms with E-state index in [1.54, 1.807) is 18.3 Å². The number of rotatable bonds is 6. The lowest BCUT2D eigenvalue weighted by molar-refractivity contribution is 0.0642. The Bertz CT molecular complexity index is 861. The quantitative estimate of drug-likeness (QED) is 0.780. The summed E-state index contributed by atoms with van der Waals surface area (Å²) < 4.78 is 19.4. The van der Waals surface area contributed by atoms with E-state index < -0.39 is 0 Å². The molecule has 148 valence electrons. The molecule has 6 heteroatoms. The summed E-state index contributed by atoms with van der Waals surface area (Å²) in [6.45, 7) is 4.12. The Hall–Kier alpha value is -2.47. The van der Waals surface area contributed by atoms with Gasteiger partial charge >= 0.3 is 0 Å². The van der Waals surface area contributed by atoms with E-state index in [-0.39, 0.29) is 11.7 Å². The van der Waals surface area contributed by atoms with Gasteiger partial charge in [0.1, 0.15) is 11.6 Å². The molecule has 4 rings (SSSR count). The van der Waals surface area contributed by atoms with Gasteiger partial charge in [-0.1, -0.05) is 6.07 Å². The van der Waals surface area contributed by atoms with E-state index in [2.05, 4.69) is 15.6 Å². The van der Waals surface area contributed by atoms with Crippen LogP contribution < -0.4 is 10.6 Å². The number of halogens is 1. The van der Waals surface area contributed by atoms with Crippen molar-refractivity contribution in [2.45, 2.75) is 38.5 Å². The Morgan fingerprint density at radius 2 is 2.00 bits per heavy atom. The predicted octanol–water partition coefficient (Wildman–Crippen LogP) is 4.31. The van der Waals surface area contributed by atoms with Crippen LogP contribution in [0.3, 0.4) is 0 Å². The molecule has 1 aromatic carbocycles. The van der Waals surface area contributed by atoms with Gasteiger partial charge in [0.15, 0.2) is 0 Å². The lowest BCUT2D eigenvalue weighted by Crippen LogP contribution is -2.32. The normalized spacial score (nSPS) is 17.4. The first-order valence-electron chi connectivity index (χ1n) is 9.99. The highest BCUT2D eigenvalue weighted by atomic mass is 19.1. The number of carbonyl (C=O) groups excluding carboxylic acids is 1. The van der Waals surface area contributed by atoms with Crippen molar-refractivity contribution in [1.29, 1.82) is 0 Å². The molecule has 2 heterocycles. The summed E-state index contributed by atoms with van der Waals surface area (Å²) in [5.41, 5.74) is 2.99. The summed E-state index contributed by atoms with van der Waals surface area (Å²) in [5, 5.41) is 6.12. The van der Waals surface area contributed by atoms with Gasteiger partial charge in [0.2, 0.25) is 0 Å². The van der Waals surface area contributed by atoms with E-state index in [0.717, 1.165) is 50.0 Å². The van der Waals surface area contributed by atoms with Crippen LogP contribution in [-0.4, -0.2) is 30.6 Å². The Morgan fingerprint density at radius 3 is 2.75 bits per heavy atom. The molecule has 1 saturated heterocycles. The molecule has 2 aliphatic rings. The van der Waals surface area contributed by atoms with E-state index >= 15 is 0 Å². The maximum absolute atomic E-state index is 14.0. The van der Waals surface area contributed by atoms with Crippen LogP contribution in [-0.2, 0) is 4.74 Å². The summed E-state index contributed by atoms with van der Waals surface area (Å²) in [6.07, 6.45) is 5.73. The second kappa shape index (κ2) is 8.27. The van der Waals surface area contributed by atoms with Crippen molar-refractivity contribution < 1.29 is 13.9 Å². The molecule has 1 aliphatic carbocycles. The molecular formula is C22H26FN3O2. The first-order valence-corrected chi connectivity index (χ1v) is 9.99. The summed E-state index contributed by atoms with van der Waals surface area (Å²) in [6, 6.07) is 6.82. The Morgan fingerprint density at radius 1 is 1.21 bits per heavy atom. The third kappa shape index (κ3) is 4.50.